The number of hydrogen-bond donors (Lipinski definition) is 2. The Labute approximate surface area is 158 Å². The highest BCUT2D eigenvalue weighted by Gasteiger charge is 2.31. The molecule has 25 heavy (non-hydrogen) atoms. The molecule has 0 spiro atoms. The number of benzene rings is 1. The van der Waals surface area contributed by atoms with Crippen LogP contribution in [-0.4, -0.2) is 41.8 Å². The Balaban J connectivity index is 1.48. The molecule has 1 aliphatic heterocycles. The van der Waals surface area contributed by atoms with Crippen LogP contribution in [0.25, 0.3) is 0 Å². The van der Waals surface area contributed by atoms with E-state index in [2.05, 4.69) is 10.2 Å². The van der Waals surface area contributed by atoms with Gasteiger partial charge in [-0.1, -0.05) is 23.2 Å². The molecule has 1 amide bonds. The lowest BCUT2D eigenvalue weighted by atomic mass is 9.80. The molecule has 7 heteroatoms. The molecule has 1 aromatic rings. The van der Waals surface area contributed by atoms with Crippen molar-refractivity contribution in [2.24, 2.45) is 5.92 Å². The van der Waals surface area contributed by atoms with E-state index in [1.807, 2.05) is 12.1 Å². The zero-order valence-electron chi connectivity index (χ0n) is 14.1. The standard InChI is InChI=1S/C18H24Cl2N2O3/c19-15-10-17(16(20)9-13(15)11-22-5-1-2-6-22)25-14-7-12(8-14)3-4-21-18(23)24/h9-10,12,14,21H,1-8,11H2,(H,23,24). The monoisotopic (exact) mass is 386 g/mol. The normalized spacial score (nSPS) is 23.3. The first kappa shape index (κ1) is 18.6. The minimum Gasteiger partial charge on any atom is -0.489 e. The third-order valence-corrected chi connectivity index (χ3v) is 5.66. The summed E-state index contributed by atoms with van der Waals surface area (Å²) in [6.07, 6.45) is 4.34. The fraction of sp³-hybridized carbons (Fsp3) is 0.611. The summed E-state index contributed by atoms with van der Waals surface area (Å²) in [5.74, 6) is 1.14. The molecule has 0 aromatic heterocycles. The Hall–Kier alpha value is -1.17. The van der Waals surface area contributed by atoms with Gasteiger partial charge in [-0.2, -0.15) is 0 Å². The van der Waals surface area contributed by atoms with Crippen LogP contribution in [-0.2, 0) is 6.54 Å². The van der Waals surface area contributed by atoms with E-state index >= 15 is 0 Å². The third-order valence-electron chi connectivity index (χ3n) is 5.01. The zero-order valence-corrected chi connectivity index (χ0v) is 15.7. The minimum absolute atomic E-state index is 0.132. The van der Waals surface area contributed by atoms with Gasteiger partial charge in [0.05, 0.1) is 11.1 Å². The van der Waals surface area contributed by atoms with Gasteiger partial charge in [0.1, 0.15) is 5.75 Å². The number of nitrogens with zero attached hydrogens (tertiary/aromatic N) is 1. The second-order valence-electron chi connectivity index (χ2n) is 6.96. The van der Waals surface area contributed by atoms with E-state index in [4.69, 9.17) is 33.0 Å². The molecule has 1 saturated carbocycles. The van der Waals surface area contributed by atoms with Crippen LogP contribution in [0.3, 0.4) is 0 Å². The molecule has 1 saturated heterocycles. The quantitative estimate of drug-likeness (QED) is 0.728. The molecule has 0 atom stereocenters. The molecule has 0 radical (unpaired) electrons. The van der Waals surface area contributed by atoms with Crippen LogP contribution in [0.2, 0.25) is 10.0 Å². The smallest absolute Gasteiger partial charge is 0.404 e. The van der Waals surface area contributed by atoms with Crippen molar-refractivity contribution in [1.29, 1.82) is 0 Å². The molecule has 1 heterocycles. The molecule has 1 aliphatic carbocycles. The second kappa shape index (κ2) is 8.47. The van der Waals surface area contributed by atoms with Gasteiger partial charge in [0.25, 0.3) is 0 Å². The fourth-order valence-corrected chi connectivity index (χ4v) is 3.98. The fourth-order valence-electron chi connectivity index (χ4n) is 3.53. The van der Waals surface area contributed by atoms with E-state index in [0.29, 0.717) is 28.3 Å². The first-order valence-corrected chi connectivity index (χ1v) is 9.60. The van der Waals surface area contributed by atoms with Crippen LogP contribution in [0.5, 0.6) is 5.75 Å². The Morgan fingerprint density at radius 3 is 2.64 bits per heavy atom. The highest BCUT2D eigenvalue weighted by Crippen LogP contribution is 2.38. The van der Waals surface area contributed by atoms with Crippen molar-refractivity contribution in [3.05, 3.63) is 27.7 Å². The summed E-state index contributed by atoms with van der Waals surface area (Å²) in [7, 11) is 0. The molecule has 0 unspecified atom stereocenters. The lowest BCUT2D eigenvalue weighted by Gasteiger charge is -2.35. The number of carboxylic acid groups (broad SMARTS) is 1. The van der Waals surface area contributed by atoms with E-state index in [9.17, 15) is 4.79 Å². The van der Waals surface area contributed by atoms with Crippen LogP contribution < -0.4 is 10.1 Å². The number of amides is 1. The van der Waals surface area contributed by atoms with Crippen LogP contribution in [0.4, 0.5) is 4.79 Å². The lowest BCUT2D eigenvalue weighted by molar-refractivity contribution is 0.0609. The molecule has 2 aliphatic rings. The summed E-state index contributed by atoms with van der Waals surface area (Å²) in [6, 6.07) is 3.75. The minimum atomic E-state index is -0.970. The molecule has 1 aromatic carbocycles. The number of likely N-dealkylation sites (tertiary alicyclic amines) is 1. The third kappa shape index (κ3) is 5.16. The Kier molecular flexibility index (Phi) is 6.31. The second-order valence-corrected chi connectivity index (χ2v) is 7.77. The van der Waals surface area contributed by atoms with Gasteiger partial charge < -0.3 is 15.2 Å². The SMILES string of the molecule is O=C(O)NCCC1CC(Oc2cc(Cl)c(CN3CCCC3)cc2Cl)C1. The maximum atomic E-state index is 10.4. The van der Waals surface area contributed by atoms with Gasteiger partial charge in [-0.15, -0.1) is 0 Å². The molecular formula is C18H24Cl2N2O3. The molecule has 5 nitrogen and oxygen atoms in total. The number of nitrogens with one attached hydrogen (secondary N) is 1. The zero-order chi connectivity index (χ0) is 17.8. The Bertz CT molecular complexity index is 615. The lowest BCUT2D eigenvalue weighted by Crippen LogP contribution is -2.36. The van der Waals surface area contributed by atoms with Crippen molar-refractivity contribution in [3.8, 4) is 5.75 Å². The van der Waals surface area contributed by atoms with Crippen LogP contribution in [0.1, 0.15) is 37.7 Å². The predicted octanol–water partition coefficient (Wildman–Crippen LogP) is 4.40. The molecule has 2 fully saturated rings. The summed E-state index contributed by atoms with van der Waals surface area (Å²) in [5.41, 5.74) is 1.05. The number of rotatable bonds is 7. The highest BCUT2D eigenvalue weighted by molar-refractivity contribution is 6.34. The van der Waals surface area contributed by atoms with E-state index < -0.39 is 6.09 Å². The van der Waals surface area contributed by atoms with Crippen molar-refractivity contribution in [1.82, 2.24) is 10.2 Å². The number of ether oxygens (including phenoxy) is 1. The van der Waals surface area contributed by atoms with Crippen molar-refractivity contribution in [2.75, 3.05) is 19.6 Å². The van der Waals surface area contributed by atoms with Crippen LogP contribution in [0.15, 0.2) is 12.1 Å². The van der Waals surface area contributed by atoms with Gasteiger partial charge in [-0.25, -0.2) is 4.79 Å². The number of halogens is 2. The van der Waals surface area contributed by atoms with Crippen molar-refractivity contribution < 1.29 is 14.6 Å². The van der Waals surface area contributed by atoms with Gasteiger partial charge in [-0.3, -0.25) is 4.90 Å². The van der Waals surface area contributed by atoms with Gasteiger partial charge in [0.2, 0.25) is 0 Å². The predicted molar refractivity (Wildman–Crippen MR) is 98.8 cm³/mol. The topological polar surface area (TPSA) is 61.8 Å². The van der Waals surface area contributed by atoms with Gasteiger partial charge in [-0.05, 0) is 62.7 Å². The maximum absolute atomic E-state index is 10.4. The largest absolute Gasteiger partial charge is 0.489 e. The molecule has 3 rings (SSSR count). The summed E-state index contributed by atoms with van der Waals surface area (Å²) in [4.78, 5) is 12.8. The summed E-state index contributed by atoms with van der Waals surface area (Å²) < 4.78 is 5.98. The van der Waals surface area contributed by atoms with Gasteiger partial charge in [0, 0.05) is 24.2 Å². The van der Waals surface area contributed by atoms with E-state index in [1.165, 1.54) is 12.8 Å². The van der Waals surface area contributed by atoms with Crippen molar-refractivity contribution in [2.45, 2.75) is 44.8 Å². The number of hydrogen-bond acceptors (Lipinski definition) is 3. The van der Waals surface area contributed by atoms with E-state index in [1.54, 1.807) is 0 Å². The van der Waals surface area contributed by atoms with Crippen LogP contribution >= 0.6 is 23.2 Å². The van der Waals surface area contributed by atoms with E-state index in [0.717, 1.165) is 44.5 Å². The van der Waals surface area contributed by atoms with Gasteiger partial charge in [0.15, 0.2) is 0 Å². The van der Waals surface area contributed by atoms with Crippen LogP contribution in [0, 0.1) is 5.92 Å². The average Bonchev–Trinajstić information content (AvgIpc) is 3.02. The van der Waals surface area contributed by atoms with Crippen molar-refractivity contribution >= 4 is 29.3 Å². The number of carbonyl (C=O) groups is 1. The summed E-state index contributed by atoms with van der Waals surface area (Å²) in [6.45, 7) is 3.56. The molecule has 138 valence electrons. The average molecular weight is 387 g/mol. The van der Waals surface area contributed by atoms with Gasteiger partial charge >= 0.3 is 6.09 Å². The Morgan fingerprint density at radius 2 is 1.96 bits per heavy atom. The molecule has 0 bridgehead atoms. The van der Waals surface area contributed by atoms with E-state index in [-0.39, 0.29) is 6.10 Å². The first-order chi connectivity index (χ1) is 12.0. The maximum Gasteiger partial charge on any atom is 0.404 e. The summed E-state index contributed by atoms with van der Waals surface area (Å²) >= 11 is 12.8. The van der Waals surface area contributed by atoms with Crippen molar-refractivity contribution in [3.63, 3.8) is 0 Å². The highest BCUT2D eigenvalue weighted by atomic mass is 35.5. The first-order valence-electron chi connectivity index (χ1n) is 8.85. The molecular weight excluding hydrogens is 363 g/mol. The Morgan fingerprint density at radius 1 is 1.24 bits per heavy atom. The summed E-state index contributed by atoms with van der Waals surface area (Å²) in [5, 5.41) is 12.3. The molecule has 2 N–H and O–H groups in total.